The van der Waals surface area contributed by atoms with Crippen molar-refractivity contribution in [2.24, 2.45) is 0 Å². The number of aliphatic hydroxyl groups is 1. The number of nitrogens with zero attached hydrogens (tertiary/aromatic N) is 1. The maximum absolute atomic E-state index is 12.9. The first-order chi connectivity index (χ1) is 9.32. The van der Waals surface area contributed by atoms with Crippen LogP contribution >= 0.6 is 0 Å². The van der Waals surface area contributed by atoms with Gasteiger partial charge in [0.15, 0.2) is 6.10 Å². The van der Waals surface area contributed by atoms with Crippen LogP contribution in [0, 0.1) is 15.9 Å². The maximum Gasteiger partial charge on any atom is 0.332 e. The van der Waals surface area contributed by atoms with Gasteiger partial charge < -0.3 is 15.5 Å². The fraction of sp³-hybridized carbons (Fsp3) is 0.273. The Morgan fingerprint density at radius 3 is 2.65 bits per heavy atom. The van der Waals surface area contributed by atoms with Crippen LogP contribution in [0.4, 0.5) is 10.1 Å². The lowest BCUT2D eigenvalue weighted by Gasteiger charge is -2.07. The van der Waals surface area contributed by atoms with Gasteiger partial charge in [0.1, 0.15) is 11.4 Å². The average Bonchev–Trinajstić information content (AvgIpc) is 2.37. The van der Waals surface area contributed by atoms with Crippen molar-refractivity contribution in [3.05, 3.63) is 39.7 Å². The largest absolute Gasteiger partial charge is 0.479 e. The number of carbonyl (C=O) groups excluding carboxylic acids is 1. The minimum atomic E-state index is -1.64. The summed E-state index contributed by atoms with van der Waals surface area (Å²) in [5, 5.41) is 30.3. The number of halogens is 1. The van der Waals surface area contributed by atoms with E-state index in [0.717, 1.165) is 12.1 Å². The number of carbonyl (C=O) groups is 2. The van der Waals surface area contributed by atoms with Gasteiger partial charge in [-0.25, -0.2) is 9.18 Å². The minimum Gasteiger partial charge on any atom is -0.479 e. The van der Waals surface area contributed by atoms with Crippen molar-refractivity contribution < 1.29 is 29.1 Å². The first kappa shape index (κ1) is 15.5. The summed E-state index contributed by atoms with van der Waals surface area (Å²) in [6.45, 7) is -0.194. The summed E-state index contributed by atoms with van der Waals surface area (Å²) in [6.07, 6.45) is -1.89. The zero-order valence-electron chi connectivity index (χ0n) is 10.1. The third-order valence-electron chi connectivity index (χ3n) is 2.39. The number of aliphatic hydroxyl groups excluding tert-OH is 1. The van der Waals surface area contributed by atoms with Crippen LogP contribution in [0.25, 0.3) is 0 Å². The first-order valence-corrected chi connectivity index (χ1v) is 5.46. The summed E-state index contributed by atoms with van der Waals surface area (Å²) in [7, 11) is 0. The van der Waals surface area contributed by atoms with Crippen molar-refractivity contribution in [2.75, 3.05) is 6.54 Å². The summed E-state index contributed by atoms with van der Waals surface area (Å²) >= 11 is 0. The van der Waals surface area contributed by atoms with Crippen LogP contribution in [0.15, 0.2) is 18.2 Å². The summed E-state index contributed by atoms with van der Waals surface area (Å²) in [4.78, 5) is 31.8. The van der Waals surface area contributed by atoms with Gasteiger partial charge in [0, 0.05) is 13.0 Å². The number of amides is 1. The fourth-order valence-electron chi connectivity index (χ4n) is 1.39. The van der Waals surface area contributed by atoms with Gasteiger partial charge in [-0.2, -0.15) is 0 Å². The van der Waals surface area contributed by atoms with Crippen molar-refractivity contribution in [1.82, 2.24) is 5.32 Å². The molecule has 108 valence electrons. The van der Waals surface area contributed by atoms with Crippen LogP contribution in [0.2, 0.25) is 0 Å². The maximum atomic E-state index is 12.9. The van der Waals surface area contributed by atoms with E-state index < -0.39 is 34.4 Å². The summed E-state index contributed by atoms with van der Waals surface area (Å²) in [5.74, 6) is -3.14. The Kier molecular flexibility index (Phi) is 5.09. The number of benzene rings is 1. The molecule has 0 bridgehead atoms. The molecule has 0 spiro atoms. The standard InChI is InChI=1S/C11H11FN2O6/c12-6-1-2-7(8(5-6)14(19)20)10(16)13-4-3-9(15)11(17)18/h1-2,5,9,15H,3-4H2,(H,13,16)(H,17,18). The van der Waals surface area contributed by atoms with Crippen molar-refractivity contribution in [2.45, 2.75) is 12.5 Å². The molecule has 1 atom stereocenters. The molecule has 1 aromatic rings. The molecule has 0 saturated carbocycles. The Balaban J connectivity index is 2.73. The van der Waals surface area contributed by atoms with Crippen LogP contribution in [-0.2, 0) is 4.79 Å². The number of nitro benzene ring substituents is 1. The van der Waals surface area contributed by atoms with E-state index in [1.54, 1.807) is 0 Å². The van der Waals surface area contributed by atoms with Crippen LogP contribution in [0.3, 0.4) is 0 Å². The molecule has 1 aromatic carbocycles. The van der Waals surface area contributed by atoms with E-state index in [9.17, 15) is 24.1 Å². The van der Waals surface area contributed by atoms with Crippen LogP contribution < -0.4 is 5.32 Å². The Labute approximate surface area is 112 Å². The number of rotatable bonds is 6. The molecule has 9 heteroatoms. The fourth-order valence-corrected chi connectivity index (χ4v) is 1.39. The van der Waals surface area contributed by atoms with Gasteiger partial charge in [-0.05, 0) is 12.1 Å². The summed E-state index contributed by atoms with van der Waals surface area (Å²) in [6, 6.07) is 2.46. The monoisotopic (exact) mass is 286 g/mol. The predicted molar refractivity (Wildman–Crippen MR) is 63.6 cm³/mol. The Hall–Kier alpha value is -2.55. The van der Waals surface area contributed by atoms with Gasteiger partial charge in [0.2, 0.25) is 0 Å². The SMILES string of the molecule is O=C(NCCC(O)C(=O)O)c1ccc(F)cc1[N+](=O)[O-]. The van der Waals surface area contributed by atoms with E-state index in [1.807, 2.05) is 0 Å². The van der Waals surface area contributed by atoms with Gasteiger partial charge in [-0.1, -0.05) is 0 Å². The van der Waals surface area contributed by atoms with Crippen LogP contribution in [0.1, 0.15) is 16.8 Å². The smallest absolute Gasteiger partial charge is 0.332 e. The second kappa shape index (κ2) is 6.57. The Morgan fingerprint density at radius 2 is 2.10 bits per heavy atom. The van der Waals surface area contributed by atoms with E-state index in [0.29, 0.717) is 6.07 Å². The lowest BCUT2D eigenvalue weighted by Crippen LogP contribution is -2.30. The summed E-state index contributed by atoms with van der Waals surface area (Å²) in [5.41, 5.74) is -1.04. The summed E-state index contributed by atoms with van der Waals surface area (Å²) < 4.78 is 12.9. The van der Waals surface area contributed by atoms with E-state index in [-0.39, 0.29) is 18.5 Å². The molecule has 3 N–H and O–H groups in total. The van der Waals surface area contributed by atoms with Crippen molar-refractivity contribution in [3.8, 4) is 0 Å². The zero-order chi connectivity index (χ0) is 15.3. The molecular weight excluding hydrogens is 275 g/mol. The molecule has 0 aliphatic carbocycles. The molecule has 0 radical (unpaired) electrons. The third-order valence-corrected chi connectivity index (χ3v) is 2.39. The number of carboxylic acid groups (broad SMARTS) is 1. The van der Waals surface area contributed by atoms with E-state index in [4.69, 9.17) is 10.2 Å². The van der Waals surface area contributed by atoms with Crippen molar-refractivity contribution >= 4 is 17.6 Å². The molecule has 0 aromatic heterocycles. The molecule has 1 amide bonds. The quantitative estimate of drug-likeness (QED) is 0.509. The highest BCUT2D eigenvalue weighted by atomic mass is 19.1. The molecule has 0 aliphatic heterocycles. The molecule has 20 heavy (non-hydrogen) atoms. The zero-order valence-corrected chi connectivity index (χ0v) is 10.1. The molecule has 1 rings (SSSR count). The number of hydrogen-bond acceptors (Lipinski definition) is 5. The lowest BCUT2D eigenvalue weighted by atomic mass is 10.1. The molecule has 0 fully saturated rings. The van der Waals surface area contributed by atoms with E-state index in [2.05, 4.69) is 5.32 Å². The first-order valence-electron chi connectivity index (χ1n) is 5.46. The van der Waals surface area contributed by atoms with Gasteiger partial charge in [0.25, 0.3) is 11.6 Å². The highest BCUT2D eigenvalue weighted by molar-refractivity contribution is 5.98. The average molecular weight is 286 g/mol. The Bertz CT molecular complexity index is 548. The van der Waals surface area contributed by atoms with Crippen molar-refractivity contribution in [1.29, 1.82) is 0 Å². The number of carboxylic acids is 1. The van der Waals surface area contributed by atoms with Gasteiger partial charge in [0.05, 0.1) is 11.0 Å². The molecule has 0 heterocycles. The number of nitro groups is 1. The number of aliphatic carboxylic acids is 1. The van der Waals surface area contributed by atoms with Gasteiger partial charge >= 0.3 is 5.97 Å². The molecular formula is C11H11FN2O6. The second-order valence-electron chi connectivity index (χ2n) is 3.82. The molecule has 8 nitrogen and oxygen atoms in total. The van der Waals surface area contributed by atoms with Gasteiger partial charge in [-0.15, -0.1) is 0 Å². The lowest BCUT2D eigenvalue weighted by molar-refractivity contribution is -0.385. The van der Waals surface area contributed by atoms with Crippen LogP contribution in [0.5, 0.6) is 0 Å². The van der Waals surface area contributed by atoms with E-state index >= 15 is 0 Å². The van der Waals surface area contributed by atoms with E-state index in [1.165, 1.54) is 0 Å². The predicted octanol–water partition coefficient (Wildman–Crippen LogP) is 0.299. The molecule has 0 aliphatic rings. The van der Waals surface area contributed by atoms with Crippen LogP contribution in [-0.4, -0.2) is 39.7 Å². The Morgan fingerprint density at radius 1 is 1.45 bits per heavy atom. The van der Waals surface area contributed by atoms with Gasteiger partial charge in [-0.3, -0.25) is 14.9 Å². The highest BCUT2D eigenvalue weighted by Crippen LogP contribution is 2.19. The second-order valence-corrected chi connectivity index (χ2v) is 3.82. The molecule has 1 unspecified atom stereocenters. The molecule has 0 saturated heterocycles. The normalized spacial score (nSPS) is 11.7. The minimum absolute atomic E-state index is 0.194. The topological polar surface area (TPSA) is 130 Å². The third kappa shape index (κ3) is 3.99. The number of nitrogens with one attached hydrogen (secondary N) is 1. The highest BCUT2D eigenvalue weighted by Gasteiger charge is 2.21. The number of hydrogen-bond donors (Lipinski definition) is 3. The van der Waals surface area contributed by atoms with Crippen molar-refractivity contribution in [3.63, 3.8) is 0 Å².